The third kappa shape index (κ3) is 3.32. The van der Waals surface area contributed by atoms with Crippen molar-refractivity contribution < 1.29 is 9.53 Å². The fraction of sp³-hybridized carbons (Fsp3) is 0. The molecular weight excluding hydrogens is 330 g/mol. The van der Waals surface area contributed by atoms with E-state index in [2.05, 4.69) is 20.5 Å². The van der Waals surface area contributed by atoms with Crippen molar-refractivity contribution in [3.63, 3.8) is 0 Å². The summed E-state index contributed by atoms with van der Waals surface area (Å²) in [7, 11) is 0. The number of benzene rings is 2. The van der Waals surface area contributed by atoms with E-state index in [4.69, 9.17) is 4.74 Å². The van der Waals surface area contributed by atoms with Crippen molar-refractivity contribution in [2.45, 2.75) is 0 Å². The predicted octanol–water partition coefficient (Wildman–Crippen LogP) is 2.83. The van der Waals surface area contributed by atoms with Crippen molar-refractivity contribution >= 4 is 22.9 Å². The summed E-state index contributed by atoms with van der Waals surface area (Å²) in [4.78, 5) is 16.4. The molecule has 0 saturated carbocycles. The van der Waals surface area contributed by atoms with E-state index < -0.39 is 5.97 Å². The van der Waals surface area contributed by atoms with Gasteiger partial charge in [0.25, 0.3) is 0 Å². The maximum Gasteiger partial charge on any atom is 0.336 e. The lowest BCUT2D eigenvalue weighted by Crippen LogP contribution is -2.04. The first-order valence-electron chi connectivity index (χ1n) is 7.87. The van der Waals surface area contributed by atoms with E-state index in [0.29, 0.717) is 5.75 Å². The Morgan fingerprint density at radius 2 is 1.88 bits per heavy atom. The van der Waals surface area contributed by atoms with Gasteiger partial charge < -0.3 is 4.74 Å². The normalized spacial score (nSPS) is 11.1. The number of ether oxygens (including phenoxy) is 1. The number of carbonyl (C=O) groups is 1. The van der Waals surface area contributed by atoms with Gasteiger partial charge in [0.15, 0.2) is 0 Å². The Balaban J connectivity index is 1.47. The maximum atomic E-state index is 12.1. The zero-order valence-corrected chi connectivity index (χ0v) is 13.6. The molecular formula is C19H13N5O2. The molecule has 2 heterocycles. The average Bonchev–Trinajstić information content (AvgIpc) is 3.22. The molecule has 0 bridgehead atoms. The van der Waals surface area contributed by atoms with E-state index in [1.165, 1.54) is 17.1 Å². The number of tetrazole rings is 1. The molecule has 126 valence electrons. The van der Waals surface area contributed by atoms with Crippen molar-refractivity contribution in [1.29, 1.82) is 0 Å². The molecule has 0 spiro atoms. The molecule has 7 nitrogen and oxygen atoms in total. The summed E-state index contributed by atoms with van der Waals surface area (Å²) in [6, 6.07) is 16.5. The molecule has 4 aromatic rings. The fourth-order valence-electron chi connectivity index (χ4n) is 2.52. The highest BCUT2D eigenvalue weighted by Crippen LogP contribution is 2.18. The van der Waals surface area contributed by atoms with Crippen molar-refractivity contribution in [2.24, 2.45) is 0 Å². The van der Waals surface area contributed by atoms with Gasteiger partial charge in [0.2, 0.25) is 0 Å². The summed E-state index contributed by atoms with van der Waals surface area (Å²) in [5.41, 5.74) is 2.46. The van der Waals surface area contributed by atoms with Crippen LogP contribution in [-0.4, -0.2) is 31.2 Å². The van der Waals surface area contributed by atoms with Crippen LogP contribution >= 0.6 is 0 Å². The Kier molecular flexibility index (Phi) is 4.17. The number of aromatic nitrogens is 5. The highest BCUT2D eigenvalue weighted by Gasteiger charge is 2.04. The number of hydrogen-bond donors (Lipinski definition) is 0. The standard InChI is InChI=1S/C19H13N5O2/c25-18(11-6-15-4-1-3-14-5-2-12-20-19(14)15)26-17-9-7-16(8-10-17)24-13-21-22-23-24/h1-13H/b11-6+. The molecule has 0 radical (unpaired) electrons. The van der Waals surface area contributed by atoms with Crippen LogP contribution in [0.2, 0.25) is 0 Å². The Morgan fingerprint density at radius 1 is 1.04 bits per heavy atom. The summed E-state index contributed by atoms with van der Waals surface area (Å²) in [6.45, 7) is 0. The first-order chi connectivity index (χ1) is 12.8. The number of carbonyl (C=O) groups excluding carboxylic acids is 1. The van der Waals surface area contributed by atoms with E-state index in [1.54, 1.807) is 36.5 Å². The fourth-order valence-corrected chi connectivity index (χ4v) is 2.52. The summed E-state index contributed by atoms with van der Waals surface area (Å²) in [6.07, 6.45) is 6.30. The number of esters is 1. The Hall–Kier alpha value is -3.87. The van der Waals surface area contributed by atoms with E-state index >= 15 is 0 Å². The molecule has 0 amide bonds. The molecule has 0 aliphatic heterocycles. The molecule has 26 heavy (non-hydrogen) atoms. The van der Waals surface area contributed by atoms with Crippen LogP contribution in [-0.2, 0) is 4.79 Å². The second-order valence-electron chi connectivity index (χ2n) is 5.43. The number of rotatable bonds is 4. The highest BCUT2D eigenvalue weighted by molar-refractivity contribution is 5.93. The third-order valence-electron chi connectivity index (χ3n) is 3.73. The lowest BCUT2D eigenvalue weighted by atomic mass is 10.1. The molecule has 7 heteroatoms. The Bertz CT molecular complexity index is 1070. The van der Waals surface area contributed by atoms with Crippen LogP contribution < -0.4 is 4.74 Å². The van der Waals surface area contributed by atoms with Gasteiger partial charge in [-0.05, 0) is 46.8 Å². The molecule has 0 atom stereocenters. The molecule has 0 saturated heterocycles. The number of fused-ring (bicyclic) bond motifs is 1. The largest absolute Gasteiger partial charge is 0.423 e. The SMILES string of the molecule is O=C(/C=C/c1cccc2cccnc12)Oc1ccc(-n2cnnn2)cc1. The smallest absolute Gasteiger partial charge is 0.336 e. The quantitative estimate of drug-likeness (QED) is 0.322. The Morgan fingerprint density at radius 3 is 2.69 bits per heavy atom. The minimum Gasteiger partial charge on any atom is -0.423 e. The molecule has 4 rings (SSSR count). The van der Waals surface area contributed by atoms with Crippen LogP contribution in [0.5, 0.6) is 5.75 Å². The van der Waals surface area contributed by atoms with Gasteiger partial charge in [0.05, 0.1) is 11.2 Å². The van der Waals surface area contributed by atoms with Crippen molar-refractivity contribution in [3.05, 3.63) is 78.8 Å². The number of pyridine rings is 1. The van der Waals surface area contributed by atoms with Gasteiger partial charge in [-0.2, -0.15) is 0 Å². The zero-order chi connectivity index (χ0) is 17.8. The second kappa shape index (κ2) is 6.94. The number of para-hydroxylation sites is 1. The molecule has 0 unspecified atom stereocenters. The van der Waals surface area contributed by atoms with Crippen molar-refractivity contribution in [3.8, 4) is 11.4 Å². The van der Waals surface area contributed by atoms with E-state index in [1.807, 2.05) is 30.3 Å². The maximum absolute atomic E-state index is 12.1. The first-order valence-corrected chi connectivity index (χ1v) is 7.87. The van der Waals surface area contributed by atoms with Crippen LogP contribution in [0.25, 0.3) is 22.7 Å². The summed E-state index contributed by atoms with van der Waals surface area (Å²) in [5, 5.41) is 12.0. The molecule has 0 aliphatic rings. The third-order valence-corrected chi connectivity index (χ3v) is 3.73. The van der Waals surface area contributed by atoms with Gasteiger partial charge in [-0.1, -0.05) is 24.3 Å². The summed E-state index contributed by atoms with van der Waals surface area (Å²) >= 11 is 0. The van der Waals surface area contributed by atoms with E-state index in [-0.39, 0.29) is 0 Å². The minimum absolute atomic E-state index is 0.438. The van der Waals surface area contributed by atoms with Crippen LogP contribution in [0, 0.1) is 0 Å². The number of hydrogen-bond acceptors (Lipinski definition) is 6. The van der Waals surface area contributed by atoms with E-state index in [0.717, 1.165) is 22.2 Å². The lowest BCUT2D eigenvalue weighted by Gasteiger charge is -2.03. The van der Waals surface area contributed by atoms with Gasteiger partial charge in [-0.25, -0.2) is 9.48 Å². The molecule has 0 aliphatic carbocycles. The van der Waals surface area contributed by atoms with Gasteiger partial charge in [0, 0.05) is 23.2 Å². The van der Waals surface area contributed by atoms with Gasteiger partial charge >= 0.3 is 5.97 Å². The Labute approximate surface area is 148 Å². The summed E-state index contributed by atoms with van der Waals surface area (Å²) in [5.74, 6) is -0.0272. The molecule has 0 N–H and O–H groups in total. The van der Waals surface area contributed by atoms with Crippen LogP contribution in [0.15, 0.2) is 73.2 Å². The van der Waals surface area contributed by atoms with Gasteiger partial charge in [0.1, 0.15) is 12.1 Å². The van der Waals surface area contributed by atoms with Crippen LogP contribution in [0.1, 0.15) is 5.56 Å². The topological polar surface area (TPSA) is 82.8 Å². The monoisotopic (exact) mass is 343 g/mol. The van der Waals surface area contributed by atoms with Gasteiger partial charge in [-0.15, -0.1) is 5.10 Å². The first kappa shape index (κ1) is 15.6. The number of nitrogens with zero attached hydrogens (tertiary/aromatic N) is 5. The predicted molar refractivity (Wildman–Crippen MR) is 95.6 cm³/mol. The average molecular weight is 343 g/mol. The van der Waals surface area contributed by atoms with Gasteiger partial charge in [-0.3, -0.25) is 4.98 Å². The summed E-state index contributed by atoms with van der Waals surface area (Å²) < 4.78 is 6.83. The highest BCUT2D eigenvalue weighted by atomic mass is 16.5. The van der Waals surface area contributed by atoms with Crippen molar-refractivity contribution in [2.75, 3.05) is 0 Å². The van der Waals surface area contributed by atoms with E-state index in [9.17, 15) is 4.79 Å². The minimum atomic E-state index is -0.465. The zero-order valence-electron chi connectivity index (χ0n) is 13.6. The molecule has 0 fully saturated rings. The lowest BCUT2D eigenvalue weighted by molar-refractivity contribution is -0.128. The second-order valence-corrected chi connectivity index (χ2v) is 5.43. The van der Waals surface area contributed by atoms with Crippen LogP contribution in [0.3, 0.4) is 0 Å². The molecule has 2 aromatic heterocycles. The van der Waals surface area contributed by atoms with Crippen LogP contribution in [0.4, 0.5) is 0 Å². The van der Waals surface area contributed by atoms with Crippen molar-refractivity contribution in [1.82, 2.24) is 25.2 Å². The molecule has 2 aromatic carbocycles.